The molecule has 106 valence electrons. The first-order chi connectivity index (χ1) is 9.17. The van der Waals surface area contributed by atoms with Crippen molar-refractivity contribution in [1.29, 1.82) is 0 Å². The molecule has 0 heterocycles. The van der Waals surface area contributed by atoms with Crippen LogP contribution in [0.15, 0.2) is 30.3 Å². The quantitative estimate of drug-likeness (QED) is 0.744. The van der Waals surface area contributed by atoms with Crippen molar-refractivity contribution in [2.24, 2.45) is 0 Å². The van der Waals surface area contributed by atoms with E-state index in [0.717, 1.165) is 5.69 Å². The molecule has 0 bridgehead atoms. The van der Waals surface area contributed by atoms with Crippen molar-refractivity contribution >= 4 is 11.6 Å². The van der Waals surface area contributed by atoms with Crippen LogP contribution >= 0.6 is 0 Å². The van der Waals surface area contributed by atoms with E-state index in [1.165, 1.54) is 0 Å². The molecular formula is C14H22N2O3. The number of para-hydroxylation sites is 1. The van der Waals surface area contributed by atoms with Crippen molar-refractivity contribution in [2.75, 3.05) is 32.7 Å². The van der Waals surface area contributed by atoms with E-state index in [0.29, 0.717) is 13.2 Å². The van der Waals surface area contributed by atoms with E-state index in [2.05, 4.69) is 10.6 Å². The molecule has 0 fully saturated rings. The Hall–Kier alpha value is -1.43. The smallest absolute Gasteiger partial charge is 0.241 e. The van der Waals surface area contributed by atoms with Gasteiger partial charge in [0.15, 0.2) is 0 Å². The van der Waals surface area contributed by atoms with Gasteiger partial charge in [0.1, 0.15) is 0 Å². The molecule has 0 radical (unpaired) electrons. The molecule has 0 spiro atoms. The van der Waals surface area contributed by atoms with Crippen molar-refractivity contribution in [3.63, 3.8) is 0 Å². The highest BCUT2D eigenvalue weighted by molar-refractivity contribution is 5.94. The summed E-state index contributed by atoms with van der Waals surface area (Å²) in [6.45, 7) is 2.88. The second kappa shape index (κ2) is 8.63. The molecule has 2 atom stereocenters. The van der Waals surface area contributed by atoms with E-state index >= 15 is 0 Å². The monoisotopic (exact) mass is 266 g/mol. The summed E-state index contributed by atoms with van der Waals surface area (Å²) < 4.78 is 10.2. The third-order valence-corrected chi connectivity index (χ3v) is 2.77. The number of rotatable bonds is 8. The lowest BCUT2D eigenvalue weighted by atomic mass is 10.2. The molecular weight excluding hydrogens is 244 g/mol. The Bertz CT molecular complexity index is 370. The van der Waals surface area contributed by atoms with Gasteiger partial charge in [-0.1, -0.05) is 18.2 Å². The summed E-state index contributed by atoms with van der Waals surface area (Å²) in [6, 6.07) is 9.09. The highest BCUT2D eigenvalue weighted by Gasteiger charge is 2.15. The first kappa shape index (κ1) is 15.6. The highest BCUT2D eigenvalue weighted by atomic mass is 16.5. The fourth-order valence-corrected chi connectivity index (χ4v) is 1.57. The second-order valence-corrected chi connectivity index (χ2v) is 4.30. The number of nitrogens with one attached hydrogen (secondary N) is 2. The number of hydrogen-bond acceptors (Lipinski definition) is 4. The summed E-state index contributed by atoms with van der Waals surface area (Å²) in [7, 11) is 3.25. The van der Waals surface area contributed by atoms with E-state index in [1.807, 2.05) is 37.3 Å². The average Bonchev–Trinajstić information content (AvgIpc) is 2.44. The van der Waals surface area contributed by atoms with E-state index in [4.69, 9.17) is 9.47 Å². The molecule has 1 aromatic rings. The molecule has 1 aromatic carbocycles. The van der Waals surface area contributed by atoms with Gasteiger partial charge >= 0.3 is 0 Å². The zero-order valence-corrected chi connectivity index (χ0v) is 11.7. The first-order valence-electron chi connectivity index (χ1n) is 6.28. The van der Waals surface area contributed by atoms with Gasteiger partial charge in [-0.05, 0) is 19.1 Å². The lowest BCUT2D eigenvalue weighted by Crippen LogP contribution is -2.43. The van der Waals surface area contributed by atoms with Crippen LogP contribution in [0.2, 0.25) is 0 Å². The number of carbonyl (C=O) groups is 1. The standard InChI is InChI=1S/C14H22N2O3/c1-11(15-9-13(19-3)10-18-2)14(17)16-12-7-5-4-6-8-12/h4-8,11,13,15H,9-10H2,1-3H3,(H,16,17). The van der Waals surface area contributed by atoms with Crippen LogP contribution in [0.1, 0.15) is 6.92 Å². The normalized spacial score (nSPS) is 13.8. The zero-order valence-electron chi connectivity index (χ0n) is 11.7. The molecule has 0 aliphatic rings. The summed E-state index contributed by atoms with van der Waals surface area (Å²) in [5, 5.41) is 5.96. The number of methoxy groups -OCH3 is 2. The maximum absolute atomic E-state index is 11.9. The molecule has 0 saturated heterocycles. The van der Waals surface area contributed by atoms with Crippen LogP contribution in [0, 0.1) is 0 Å². The maximum Gasteiger partial charge on any atom is 0.241 e. The van der Waals surface area contributed by atoms with Crippen LogP contribution < -0.4 is 10.6 Å². The minimum atomic E-state index is -0.297. The molecule has 5 nitrogen and oxygen atoms in total. The van der Waals surface area contributed by atoms with E-state index < -0.39 is 0 Å². The minimum Gasteiger partial charge on any atom is -0.382 e. The zero-order chi connectivity index (χ0) is 14.1. The molecule has 0 saturated carbocycles. The predicted octanol–water partition coefficient (Wildman–Crippen LogP) is 1.26. The van der Waals surface area contributed by atoms with Crippen molar-refractivity contribution in [3.05, 3.63) is 30.3 Å². The van der Waals surface area contributed by atoms with Gasteiger partial charge in [-0.3, -0.25) is 4.79 Å². The number of hydrogen-bond donors (Lipinski definition) is 2. The Morgan fingerprint density at radius 2 is 1.95 bits per heavy atom. The van der Waals surface area contributed by atoms with E-state index in [-0.39, 0.29) is 18.1 Å². The van der Waals surface area contributed by atoms with Gasteiger partial charge in [0.05, 0.1) is 18.8 Å². The molecule has 0 aliphatic carbocycles. The third kappa shape index (κ3) is 5.83. The molecule has 0 aromatic heterocycles. The van der Waals surface area contributed by atoms with Gasteiger partial charge < -0.3 is 20.1 Å². The third-order valence-electron chi connectivity index (χ3n) is 2.77. The second-order valence-electron chi connectivity index (χ2n) is 4.30. The lowest BCUT2D eigenvalue weighted by Gasteiger charge is -2.19. The summed E-state index contributed by atoms with van der Waals surface area (Å²) in [4.78, 5) is 11.9. The Kier molecular flexibility index (Phi) is 7.10. The summed E-state index contributed by atoms with van der Waals surface area (Å²) in [6.07, 6.45) is -0.0584. The molecule has 1 amide bonds. The lowest BCUT2D eigenvalue weighted by molar-refractivity contribution is -0.117. The van der Waals surface area contributed by atoms with Gasteiger partial charge in [0, 0.05) is 26.5 Å². The number of ether oxygens (including phenoxy) is 2. The largest absolute Gasteiger partial charge is 0.382 e. The average molecular weight is 266 g/mol. The van der Waals surface area contributed by atoms with Gasteiger partial charge in [0.25, 0.3) is 0 Å². The SMILES string of the molecule is COCC(CNC(C)C(=O)Nc1ccccc1)OC. The van der Waals surface area contributed by atoms with Crippen LogP contribution in [0.25, 0.3) is 0 Å². The van der Waals surface area contributed by atoms with Crippen molar-refractivity contribution in [1.82, 2.24) is 5.32 Å². The van der Waals surface area contributed by atoms with Crippen LogP contribution in [-0.4, -0.2) is 45.4 Å². The molecule has 2 N–H and O–H groups in total. The van der Waals surface area contributed by atoms with Crippen LogP contribution in [0.3, 0.4) is 0 Å². The number of anilines is 1. The molecule has 0 aliphatic heterocycles. The molecule has 19 heavy (non-hydrogen) atoms. The summed E-state index contributed by atoms with van der Waals surface area (Å²) in [5.41, 5.74) is 0.793. The molecule has 2 unspecified atom stereocenters. The van der Waals surface area contributed by atoms with Gasteiger partial charge in [-0.2, -0.15) is 0 Å². The number of benzene rings is 1. The van der Waals surface area contributed by atoms with E-state index in [9.17, 15) is 4.79 Å². The number of carbonyl (C=O) groups excluding carboxylic acids is 1. The Morgan fingerprint density at radius 1 is 1.26 bits per heavy atom. The summed E-state index contributed by atoms with van der Waals surface area (Å²) >= 11 is 0. The van der Waals surface area contributed by atoms with E-state index in [1.54, 1.807) is 14.2 Å². The predicted molar refractivity (Wildman–Crippen MR) is 75.2 cm³/mol. The van der Waals surface area contributed by atoms with Crippen molar-refractivity contribution in [3.8, 4) is 0 Å². The molecule has 1 rings (SSSR count). The Balaban J connectivity index is 2.36. The van der Waals surface area contributed by atoms with Gasteiger partial charge in [-0.25, -0.2) is 0 Å². The van der Waals surface area contributed by atoms with Crippen molar-refractivity contribution in [2.45, 2.75) is 19.1 Å². The van der Waals surface area contributed by atoms with Crippen LogP contribution in [-0.2, 0) is 14.3 Å². The number of amides is 1. The first-order valence-corrected chi connectivity index (χ1v) is 6.28. The fourth-order valence-electron chi connectivity index (χ4n) is 1.57. The van der Waals surface area contributed by atoms with Crippen molar-refractivity contribution < 1.29 is 14.3 Å². The highest BCUT2D eigenvalue weighted by Crippen LogP contribution is 2.05. The summed E-state index contributed by atoms with van der Waals surface area (Å²) in [5.74, 6) is -0.0709. The maximum atomic E-state index is 11.9. The minimum absolute atomic E-state index is 0.0584. The Morgan fingerprint density at radius 3 is 2.53 bits per heavy atom. The fraction of sp³-hybridized carbons (Fsp3) is 0.500. The van der Waals surface area contributed by atoms with Crippen LogP contribution in [0.4, 0.5) is 5.69 Å². The Labute approximate surface area is 114 Å². The van der Waals surface area contributed by atoms with Gasteiger partial charge in [-0.15, -0.1) is 0 Å². The molecule has 5 heteroatoms. The van der Waals surface area contributed by atoms with Crippen LogP contribution in [0.5, 0.6) is 0 Å². The topological polar surface area (TPSA) is 59.6 Å². The van der Waals surface area contributed by atoms with Gasteiger partial charge in [0.2, 0.25) is 5.91 Å².